The minimum absolute atomic E-state index is 0.131. The van der Waals surface area contributed by atoms with Gasteiger partial charge in [-0.25, -0.2) is 4.68 Å². The second-order valence-electron chi connectivity index (χ2n) is 6.72. The zero-order valence-electron chi connectivity index (χ0n) is 15.8. The Bertz CT molecular complexity index is 873. The van der Waals surface area contributed by atoms with Crippen molar-refractivity contribution in [2.24, 2.45) is 0 Å². The molecule has 0 spiro atoms. The molecule has 6 heteroatoms. The highest BCUT2D eigenvalue weighted by molar-refractivity contribution is 5.92. The Morgan fingerprint density at radius 3 is 2.44 bits per heavy atom. The summed E-state index contributed by atoms with van der Waals surface area (Å²) in [4.78, 5) is 12.5. The quantitative estimate of drug-likeness (QED) is 0.695. The van der Waals surface area contributed by atoms with Crippen molar-refractivity contribution in [3.63, 3.8) is 0 Å². The first-order valence-electron chi connectivity index (χ1n) is 9.03. The van der Waals surface area contributed by atoms with Gasteiger partial charge < -0.3 is 10.1 Å². The van der Waals surface area contributed by atoms with E-state index in [9.17, 15) is 4.79 Å². The van der Waals surface area contributed by atoms with Gasteiger partial charge >= 0.3 is 0 Å². The monoisotopic (exact) mass is 364 g/mol. The van der Waals surface area contributed by atoms with Gasteiger partial charge in [0.2, 0.25) is 0 Å². The van der Waals surface area contributed by atoms with Crippen LogP contribution in [0.25, 0.3) is 0 Å². The van der Waals surface area contributed by atoms with E-state index in [2.05, 4.69) is 15.6 Å². The number of nitrogens with zero attached hydrogens (tertiary/aromatic N) is 3. The predicted molar refractivity (Wildman–Crippen MR) is 104 cm³/mol. The number of rotatable bonds is 7. The van der Waals surface area contributed by atoms with Crippen molar-refractivity contribution >= 4 is 5.91 Å². The molecule has 0 aliphatic heterocycles. The van der Waals surface area contributed by atoms with Gasteiger partial charge in [0.25, 0.3) is 5.91 Å². The molecule has 0 radical (unpaired) electrons. The number of hydrogen-bond acceptors (Lipinski definition) is 4. The molecular formula is C21H24N4O2. The lowest BCUT2D eigenvalue weighted by Crippen LogP contribution is -2.27. The zero-order valence-corrected chi connectivity index (χ0v) is 15.8. The van der Waals surface area contributed by atoms with Gasteiger partial charge in [0.15, 0.2) is 5.69 Å². The fourth-order valence-corrected chi connectivity index (χ4v) is 2.71. The number of ether oxygens (including phenoxy) is 1. The summed E-state index contributed by atoms with van der Waals surface area (Å²) in [5.74, 6) is 0.570. The highest BCUT2D eigenvalue weighted by Gasteiger charge is 2.15. The molecule has 1 heterocycles. The first-order chi connectivity index (χ1) is 13.0. The maximum Gasteiger partial charge on any atom is 0.273 e. The van der Waals surface area contributed by atoms with E-state index in [1.807, 2.05) is 75.4 Å². The van der Waals surface area contributed by atoms with Crippen molar-refractivity contribution in [3.8, 4) is 5.75 Å². The van der Waals surface area contributed by atoms with Crippen LogP contribution in [0.1, 0.15) is 48.4 Å². The lowest BCUT2D eigenvalue weighted by atomic mass is 10.1. The number of benzene rings is 2. The summed E-state index contributed by atoms with van der Waals surface area (Å²) in [7, 11) is 0. The first-order valence-corrected chi connectivity index (χ1v) is 9.03. The van der Waals surface area contributed by atoms with Crippen LogP contribution < -0.4 is 10.1 Å². The molecular weight excluding hydrogens is 340 g/mol. The molecule has 1 unspecified atom stereocenters. The summed E-state index contributed by atoms with van der Waals surface area (Å²) < 4.78 is 7.30. The fraction of sp³-hybridized carbons (Fsp3) is 0.286. The van der Waals surface area contributed by atoms with Crippen LogP contribution in [0.4, 0.5) is 0 Å². The zero-order chi connectivity index (χ0) is 19.2. The Morgan fingerprint density at radius 2 is 1.78 bits per heavy atom. The van der Waals surface area contributed by atoms with Crippen LogP contribution in [0.2, 0.25) is 0 Å². The average molecular weight is 364 g/mol. The second kappa shape index (κ2) is 8.49. The third-order valence-corrected chi connectivity index (χ3v) is 4.06. The Kier molecular flexibility index (Phi) is 5.86. The van der Waals surface area contributed by atoms with Crippen molar-refractivity contribution in [1.29, 1.82) is 0 Å². The number of carbonyl (C=O) groups excluding carboxylic acids is 1. The number of nitrogens with one attached hydrogen (secondary N) is 1. The Labute approximate surface area is 159 Å². The van der Waals surface area contributed by atoms with E-state index in [4.69, 9.17) is 4.74 Å². The van der Waals surface area contributed by atoms with Crippen LogP contribution in [0, 0.1) is 0 Å². The Balaban J connectivity index is 1.60. The minimum atomic E-state index is -0.246. The molecule has 3 aromatic rings. The summed E-state index contributed by atoms with van der Waals surface area (Å²) in [6.45, 7) is 6.49. The van der Waals surface area contributed by atoms with E-state index in [0.29, 0.717) is 12.2 Å². The smallest absolute Gasteiger partial charge is 0.273 e. The van der Waals surface area contributed by atoms with Crippen LogP contribution >= 0.6 is 0 Å². The topological polar surface area (TPSA) is 69.0 Å². The van der Waals surface area contributed by atoms with E-state index in [-0.39, 0.29) is 18.1 Å². The lowest BCUT2D eigenvalue weighted by Gasteiger charge is -2.15. The van der Waals surface area contributed by atoms with Crippen LogP contribution in [-0.2, 0) is 6.54 Å². The summed E-state index contributed by atoms with van der Waals surface area (Å²) in [6, 6.07) is 17.5. The van der Waals surface area contributed by atoms with Crippen molar-refractivity contribution in [3.05, 3.63) is 77.6 Å². The summed E-state index contributed by atoms with van der Waals surface area (Å²) in [6.07, 6.45) is 1.79. The average Bonchev–Trinajstić information content (AvgIpc) is 3.11. The van der Waals surface area contributed by atoms with E-state index in [1.54, 1.807) is 10.9 Å². The minimum Gasteiger partial charge on any atom is -0.491 e. The molecule has 1 aromatic heterocycles. The van der Waals surface area contributed by atoms with Gasteiger partial charge in [-0.1, -0.05) is 47.7 Å². The molecule has 2 aromatic carbocycles. The van der Waals surface area contributed by atoms with Crippen LogP contribution in [0.15, 0.2) is 60.8 Å². The summed E-state index contributed by atoms with van der Waals surface area (Å²) in [5, 5.41) is 11.0. The summed E-state index contributed by atoms with van der Waals surface area (Å²) >= 11 is 0. The molecule has 0 aliphatic carbocycles. The Hall–Kier alpha value is -3.15. The highest BCUT2D eigenvalue weighted by Crippen LogP contribution is 2.19. The second-order valence-corrected chi connectivity index (χ2v) is 6.72. The highest BCUT2D eigenvalue weighted by atomic mass is 16.5. The first kappa shape index (κ1) is 18.6. The number of amides is 1. The lowest BCUT2D eigenvalue weighted by molar-refractivity contribution is 0.0934. The molecule has 0 bridgehead atoms. The normalized spacial score (nSPS) is 12.0. The van der Waals surface area contributed by atoms with Crippen LogP contribution in [-0.4, -0.2) is 27.0 Å². The molecule has 0 aliphatic rings. The van der Waals surface area contributed by atoms with Crippen LogP contribution in [0.5, 0.6) is 5.75 Å². The van der Waals surface area contributed by atoms with Crippen LogP contribution in [0.3, 0.4) is 0 Å². The SMILES string of the molecule is CC(C)Oc1ccc(C(C)NC(=O)c2cn(Cc3ccccc3)nn2)cc1. The van der Waals surface area contributed by atoms with Crippen molar-refractivity contribution < 1.29 is 9.53 Å². The summed E-state index contributed by atoms with van der Waals surface area (Å²) in [5.41, 5.74) is 2.40. The fourth-order valence-electron chi connectivity index (χ4n) is 2.71. The van der Waals surface area contributed by atoms with Gasteiger partial charge in [-0.3, -0.25) is 4.79 Å². The molecule has 27 heavy (non-hydrogen) atoms. The standard InChI is InChI=1S/C21H24N4O2/c1-15(2)27-19-11-9-18(10-12-19)16(3)22-21(26)20-14-25(24-23-20)13-17-7-5-4-6-8-17/h4-12,14-16H,13H2,1-3H3,(H,22,26). The van der Waals surface area contributed by atoms with Gasteiger partial charge in [0.05, 0.1) is 24.9 Å². The van der Waals surface area contributed by atoms with Gasteiger partial charge in [-0.05, 0) is 44.0 Å². The molecule has 3 rings (SSSR count). The van der Waals surface area contributed by atoms with Crippen molar-refractivity contribution in [2.75, 3.05) is 0 Å². The molecule has 1 atom stereocenters. The van der Waals surface area contributed by atoms with Gasteiger partial charge in [0, 0.05) is 0 Å². The van der Waals surface area contributed by atoms with Crippen molar-refractivity contribution in [1.82, 2.24) is 20.3 Å². The maximum atomic E-state index is 12.5. The van der Waals surface area contributed by atoms with E-state index in [0.717, 1.165) is 16.9 Å². The van der Waals surface area contributed by atoms with Gasteiger partial charge in [0.1, 0.15) is 5.75 Å². The molecule has 6 nitrogen and oxygen atoms in total. The molecule has 1 amide bonds. The van der Waals surface area contributed by atoms with Crippen molar-refractivity contribution in [2.45, 2.75) is 39.5 Å². The number of aromatic nitrogens is 3. The van der Waals surface area contributed by atoms with E-state index < -0.39 is 0 Å². The van der Waals surface area contributed by atoms with E-state index in [1.165, 1.54) is 0 Å². The third-order valence-electron chi connectivity index (χ3n) is 4.06. The molecule has 140 valence electrons. The molecule has 0 saturated carbocycles. The molecule has 0 fully saturated rings. The number of hydrogen-bond donors (Lipinski definition) is 1. The largest absolute Gasteiger partial charge is 0.491 e. The predicted octanol–water partition coefficient (Wildman–Crippen LogP) is 3.60. The van der Waals surface area contributed by atoms with Gasteiger partial charge in [-0.2, -0.15) is 0 Å². The van der Waals surface area contributed by atoms with Gasteiger partial charge in [-0.15, -0.1) is 5.10 Å². The number of carbonyl (C=O) groups is 1. The third kappa shape index (κ3) is 5.17. The molecule has 0 saturated heterocycles. The Morgan fingerprint density at radius 1 is 1.07 bits per heavy atom. The maximum absolute atomic E-state index is 12.5. The molecule has 1 N–H and O–H groups in total. The van der Waals surface area contributed by atoms with E-state index >= 15 is 0 Å².